The molecule has 0 spiro atoms. The molecule has 1 fully saturated rings. The lowest BCUT2D eigenvalue weighted by Crippen LogP contribution is -1.98. The number of pyridine rings is 1. The third-order valence-electron chi connectivity index (χ3n) is 3.56. The second kappa shape index (κ2) is 4.46. The minimum atomic E-state index is -0.319. The van der Waals surface area contributed by atoms with Crippen molar-refractivity contribution in [2.75, 3.05) is 0 Å². The molecule has 2 heteroatoms. The highest BCUT2D eigenvalue weighted by Gasteiger charge is 2.22. The van der Waals surface area contributed by atoms with Gasteiger partial charge in [-0.15, -0.1) is 0 Å². The Bertz CT molecular complexity index is 519. The summed E-state index contributed by atoms with van der Waals surface area (Å²) in [7, 11) is 0. The predicted molar refractivity (Wildman–Crippen MR) is 68.7 cm³/mol. The van der Waals surface area contributed by atoms with Gasteiger partial charge in [-0.25, -0.2) is 0 Å². The van der Waals surface area contributed by atoms with Crippen molar-refractivity contribution in [2.45, 2.75) is 31.8 Å². The summed E-state index contributed by atoms with van der Waals surface area (Å²) in [6.45, 7) is 0. The first-order valence-electron chi connectivity index (χ1n) is 6.36. The zero-order valence-corrected chi connectivity index (χ0v) is 9.84. The number of aliphatic hydroxyl groups excluding tert-OH is 1. The van der Waals surface area contributed by atoms with E-state index in [0.717, 1.165) is 35.2 Å². The fraction of sp³-hybridized carbons (Fsp3) is 0.400. The van der Waals surface area contributed by atoms with Gasteiger partial charge in [0.1, 0.15) is 0 Å². The molecule has 2 nitrogen and oxygen atoms in total. The smallest absolute Gasteiger partial charge is 0.0790 e. The number of nitrogens with zero attached hydrogens (tertiary/aromatic N) is 1. The number of aromatic nitrogens is 1. The van der Waals surface area contributed by atoms with E-state index in [1.54, 1.807) is 6.20 Å². The number of hydrogen-bond donors (Lipinski definition) is 1. The standard InChI is InChI=1S/C15H17NO/c17-15(8-5-11-3-4-11)13-6-7-14-12(10-13)2-1-9-16-14/h1-2,6-7,9-11,15,17H,3-5,8H2. The summed E-state index contributed by atoms with van der Waals surface area (Å²) in [5.74, 6) is 0.881. The highest BCUT2D eigenvalue weighted by molar-refractivity contribution is 5.78. The average molecular weight is 227 g/mol. The van der Waals surface area contributed by atoms with Gasteiger partial charge in [-0.1, -0.05) is 25.0 Å². The van der Waals surface area contributed by atoms with Crippen LogP contribution in [0.15, 0.2) is 36.5 Å². The number of rotatable bonds is 4. The predicted octanol–water partition coefficient (Wildman–Crippen LogP) is 3.46. The van der Waals surface area contributed by atoms with Crippen LogP contribution in [0.3, 0.4) is 0 Å². The zero-order chi connectivity index (χ0) is 11.7. The first kappa shape index (κ1) is 10.7. The Balaban J connectivity index is 1.78. The molecular formula is C15H17NO. The van der Waals surface area contributed by atoms with Crippen LogP contribution in [0.1, 0.15) is 37.4 Å². The molecule has 0 radical (unpaired) electrons. The molecule has 1 unspecified atom stereocenters. The fourth-order valence-corrected chi connectivity index (χ4v) is 2.27. The molecule has 88 valence electrons. The van der Waals surface area contributed by atoms with E-state index in [9.17, 15) is 5.11 Å². The van der Waals surface area contributed by atoms with Gasteiger partial charge >= 0.3 is 0 Å². The minimum absolute atomic E-state index is 0.319. The minimum Gasteiger partial charge on any atom is -0.388 e. The number of fused-ring (bicyclic) bond motifs is 1. The van der Waals surface area contributed by atoms with Gasteiger partial charge in [0.2, 0.25) is 0 Å². The van der Waals surface area contributed by atoms with Crippen molar-refractivity contribution in [3.8, 4) is 0 Å². The van der Waals surface area contributed by atoms with Crippen molar-refractivity contribution < 1.29 is 5.11 Å². The lowest BCUT2D eigenvalue weighted by Gasteiger charge is -2.11. The molecule has 2 aromatic rings. The van der Waals surface area contributed by atoms with Crippen LogP contribution in [-0.2, 0) is 0 Å². The quantitative estimate of drug-likeness (QED) is 0.867. The highest BCUT2D eigenvalue weighted by Crippen LogP contribution is 2.36. The molecule has 0 aliphatic heterocycles. The maximum absolute atomic E-state index is 10.1. The maximum atomic E-state index is 10.1. The Hall–Kier alpha value is -1.41. The average Bonchev–Trinajstić information content (AvgIpc) is 3.19. The van der Waals surface area contributed by atoms with E-state index in [2.05, 4.69) is 11.1 Å². The molecular weight excluding hydrogens is 210 g/mol. The molecule has 17 heavy (non-hydrogen) atoms. The lowest BCUT2D eigenvalue weighted by molar-refractivity contribution is 0.162. The summed E-state index contributed by atoms with van der Waals surface area (Å²) in [4.78, 5) is 4.28. The summed E-state index contributed by atoms with van der Waals surface area (Å²) in [6, 6.07) is 10.0. The second-order valence-electron chi connectivity index (χ2n) is 4.99. The topological polar surface area (TPSA) is 33.1 Å². The Morgan fingerprint density at radius 1 is 1.29 bits per heavy atom. The molecule has 1 aromatic carbocycles. The van der Waals surface area contributed by atoms with Crippen molar-refractivity contribution in [2.24, 2.45) is 5.92 Å². The van der Waals surface area contributed by atoms with E-state index in [1.165, 1.54) is 12.8 Å². The Kier molecular flexibility index (Phi) is 2.81. The van der Waals surface area contributed by atoms with Crippen molar-refractivity contribution in [1.29, 1.82) is 0 Å². The van der Waals surface area contributed by atoms with Crippen LogP contribution in [0.5, 0.6) is 0 Å². The van der Waals surface area contributed by atoms with Crippen molar-refractivity contribution >= 4 is 10.9 Å². The van der Waals surface area contributed by atoms with Crippen LogP contribution in [0.4, 0.5) is 0 Å². The summed E-state index contributed by atoms with van der Waals surface area (Å²) in [5.41, 5.74) is 2.01. The van der Waals surface area contributed by atoms with Gasteiger partial charge in [-0.05, 0) is 42.5 Å². The van der Waals surface area contributed by atoms with Gasteiger partial charge in [0.05, 0.1) is 11.6 Å². The molecule has 1 saturated carbocycles. The Morgan fingerprint density at radius 3 is 3.00 bits per heavy atom. The molecule has 3 rings (SSSR count). The number of aliphatic hydroxyl groups is 1. The molecule has 0 amide bonds. The van der Waals surface area contributed by atoms with E-state index in [4.69, 9.17) is 0 Å². The monoisotopic (exact) mass is 227 g/mol. The van der Waals surface area contributed by atoms with Crippen LogP contribution in [-0.4, -0.2) is 10.1 Å². The van der Waals surface area contributed by atoms with Crippen LogP contribution in [0.2, 0.25) is 0 Å². The van der Waals surface area contributed by atoms with Gasteiger partial charge in [-0.2, -0.15) is 0 Å². The van der Waals surface area contributed by atoms with E-state index in [-0.39, 0.29) is 6.10 Å². The van der Waals surface area contributed by atoms with E-state index in [1.807, 2.05) is 24.3 Å². The van der Waals surface area contributed by atoms with Gasteiger partial charge in [0.25, 0.3) is 0 Å². The van der Waals surface area contributed by atoms with Gasteiger partial charge in [0, 0.05) is 11.6 Å². The first-order valence-corrected chi connectivity index (χ1v) is 6.36. The van der Waals surface area contributed by atoms with Gasteiger partial charge < -0.3 is 5.11 Å². The highest BCUT2D eigenvalue weighted by atomic mass is 16.3. The van der Waals surface area contributed by atoms with Gasteiger partial charge in [-0.3, -0.25) is 4.98 Å². The van der Waals surface area contributed by atoms with Crippen LogP contribution < -0.4 is 0 Å². The molecule has 1 heterocycles. The van der Waals surface area contributed by atoms with Crippen LogP contribution >= 0.6 is 0 Å². The van der Waals surface area contributed by atoms with Crippen molar-refractivity contribution in [3.05, 3.63) is 42.1 Å². The SMILES string of the molecule is OC(CCC1CC1)c1ccc2ncccc2c1. The molecule has 0 bridgehead atoms. The number of hydrogen-bond acceptors (Lipinski definition) is 2. The molecule has 1 N–H and O–H groups in total. The third-order valence-corrected chi connectivity index (χ3v) is 3.56. The summed E-state index contributed by atoms with van der Waals surface area (Å²) < 4.78 is 0. The molecule has 1 aliphatic rings. The molecule has 1 atom stereocenters. The lowest BCUT2D eigenvalue weighted by atomic mass is 10.0. The maximum Gasteiger partial charge on any atom is 0.0790 e. The molecule has 1 aliphatic carbocycles. The molecule has 1 aromatic heterocycles. The van der Waals surface area contributed by atoms with Crippen LogP contribution in [0.25, 0.3) is 10.9 Å². The largest absolute Gasteiger partial charge is 0.388 e. The fourth-order valence-electron chi connectivity index (χ4n) is 2.27. The first-order chi connectivity index (χ1) is 8.33. The third kappa shape index (κ3) is 2.47. The molecule has 0 saturated heterocycles. The van der Waals surface area contributed by atoms with E-state index in [0.29, 0.717) is 0 Å². The Morgan fingerprint density at radius 2 is 2.18 bits per heavy atom. The van der Waals surface area contributed by atoms with E-state index >= 15 is 0 Å². The zero-order valence-electron chi connectivity index (χ0n) is 9.84. The van der Waals surface area contributed by atoms with Crippen molar-refractivity contribution in [3.63, 3.8) is 0 Å². The normalized spacial score (nSPS) is 17.2. The van der Waals surface area contributed by atoms with Gasteiger partial charge in [0.15, 0.2) is 0 Å². The summed E-state index contributed by atoms with van der Waals surface area (Å²) >= 11 is 0. The number of benzene rings is 1. The summed E-state index contributed by atoms with van der Waals surface area (Å²) in [6.07, 6.45) is 6.23. The van der Waals surface area contributed by atoms with Crippen LogP contribution in [0, 0.1) is 5.92 Å². The Labute approximate surface area is 101 Å². The van der Waals surface area contributed by atoms with Crippen molar-refractivity contribution in [1.82, 2.24) is 4.98 Å². The van der Waals surface area contributed by atoms with E-state index < -0.39 is 0 Å². The summed E-state index contributed by atoms with van der Waals surface area (Å²) in [5, 5.41) is 11.2. The second-order valence-corrected chi connectivity index (χ2v) is 4.99.